The third-order valence-electron chi connectivity index (χ3n) is 3.36. The Morgan fingerprint density at radius 2 is 1.90 bits per heavy atom. The maximum atomic E-state index is 12.3. The van der Waals surface area contributed by atoms with Crippen LogP contribution in [-0.2, 0) is 0 Å². The minimum absolute atomic E-state index is 0.185. The molecule has 0 aliphatic rings. The molecule has 1 aromatic rings. The summed E-state index contributed by atoms with van der Waals surface area (Å²) in [7, 11) is 3.07. The van der Waals surface area contributed by atoms with Crippen LogP contribution in [0.2, 0.25) is 0 Å². The molecule has 1 rings (SSSR count). The van der Waals surface area contributed by atoms with Crippen molar-refractivity contribution in [3.05, 3.63) is 23.8 Å². The molecule has 0 bridgehead atoms. The van der Waals surface area contributed by atoms with Crippen molar-refractivity contribution in [2.45, 2.75) is 19.8 Å². The van der Waals surface area contributed by atoms with Crippen molar-refractivity contribution in [2.24, 2.45) is 11.7 Å². The molecule has 1 atom stereocenters. The number of hydrogen-bond acceptors (Lipinski definition) is 4. The molecule has 1 aromatic carbocycles. The average molecular weight is 280 g/mol. The van der Waals surface area contributed by atoms with Crippen LogP contribution in [0, 0.1) is 5.92 Å². The second-order valence-electron chi connectivity index (χ2n) is 4.60. The first-order valence-electron chi connectivity index (χ1n) is 6.87. The third-order valence-corrected chi connectivity index (χ3v) is 3.36. The molecule has 0 aliphatic carbocycles. The van der Waals surface area contributed by atoms with E-state index in [2.05, 4.69) is 12.2 Å². The first-order chi connectivity index (χ1) is 9.67. The number of benzene rings is 1. The summed E-state index contributed by atoms with van der Waals surface area (Å²) in [6, 6.07) is 5.28. The van der Waals surface area contributed by atoms with E-state index < -0.39 is 0 Å². The molecule has 0 saturated heterocycles. The molecule has 1 amide bonds. The predicted molar refractivity (Wildman–Crippen MR) is 79.3 cm³/mol. The monoisotopic (exact) mass is 280 g/mol. The molecule has 0 aliphatic heterocycles. The Morgan fingerprint density at radius 3 is 2.35 bits per heavy atom. The second-order valence-corrected chi connectivity index (χ2v) is 4.60. The van der Waals surface area contributed by atoms with E-state index in [0.29, 0.717) is 36.1 Å². The summed E-state index contributed by atoms with van der Waals surface area (Å²) in [5, 5.41) is 2.93. The number of carbonyl (C=O) groups excluding carboxylic acids is 1. The fraction of sp³-hybridized carbons (Fsp3) is 0.533. The van der Waals surface area contributed by atoms with Gasteiger partial charge in [0.05, 0.1) is 14.2 Å². The molecular formula is C15H24N2O3. The van der Waals surface area contributed by atoms with Gasteiger partial charge in [-0.2, -0.15) is 0 Å². The van der Waals surface area contributed by atoms with Gasteiger partial charge in [-0.1, -0.05) is 19.4 Å². The number of amides is 1. The zero-order valence-electron chi connectivity index (χ0n) is 12.4. The highest BCUT2D eigenvalue weighted by atomic mass is 16.5. The Hall–Kier alpha value is -1.75. The third kappa shape index (κ3) is 4.13. The molecule has 0 fully saturated rings. The van der Waals surface area contributed by atoms with E-state index in [1.807, 2.05) is 0 Å². The van der Waals surface area contributed by atoms with Crippen LogP contribution in [0.4, 0.5) is 0 Å². The number of nitrogens with one attached hydrogen (secondary N) is 1. The zero-order valence-corrected chi connectivity index (χ0v) is 12.4. The Labute approximate surface area is 120 Å². The minimum Gasteiger partial charge on any atom is -0.496 e. The van der Waals surface area contributed by atoms with Crippen molar-refractivity contribution in [3.8, 4) is 11.5 Å². The highest BCUT2D eigenvalue weighted by Gasteiger charge is 2.18. The lowest BCUT2D eigenvalue weighted by Gasteiger charge is -2.16. The van der Waals surface area contributed by atoms with Crippen molar-refractivity contribution in [2.75, 3.05) is 27.3 Å². The van der Waals surface area contributed by atoms with E-state index in [9.17, 15) is 4.79 Å². The van der Waals surface area contributed by atoms with Gasteiger partial charge in [-0.25, -0.2) is 0 Å². The predicted octanol–water partition coefficient (Wildman–Crippen LogP) is 1.81. The van der Waals surface area contributed by atoms with Crippen LogP contribution in [0.5, 0.6) is 11.5 Å². The van der Waals surface area contributed by atoms with E-state index >= 15 is 0 Å². The van der Waals surface area contributed by atoms with Crippen LogP contribution < -0.4 is 20.5 Å². The molecule has 112 valence electrons. The van der Waals surface area contributed by atoms with Crippen molar-refractivity contribution < 1.29 is 14.3 Å². The zero-order chi connectivity index (χ0) is 15.0. The van der Waals surface area contributed by atoms with E-state index in [1.165, 1.54) is 14.2 Å². The summed E-state index contributed by atoms with van der Waals surface area (Å²) in [5.41, 5.74) is 5.99. The fourth-order valence-electron chi connectivity index (χ4n) is 2.09. The largest absolute Gasteiger partial charge is 0.496 e. The number of carbonyl (C=O) groups is 1. The number of hydrogen-bond donors (Lipinski definition) is 2. The molecule has 0 spiro atoms. The Morgan fingerprint density at radius 1 is 1.30 bits per heavy atom. The van der Waals surface area contributed by atoms with Crippen molar-refractivity contribution in [1.29, 1.82) is 0 Å². The molecule has 5 heteroatoms. The van der Waals surface area contributed by atoms with Gasteiger partial charge in [0.15, 0.2) is 0 Å². The van der Waals surface area contributed by atoms with Gasteiger partial charge >= 0.3 is 0 Å². The molecule has 3 N–H and O–H groups in total. The van der Waals surface area contributed by atoms with Crippen molar-refractivity contribution >= 4 is 5.91 Å². The smallest absolute Gasteiger partial charge is 0.258 e. The summed E-state index contributed by atoms with van der Waals surface area (Å²) >= 11 is 0. The van der Waals surface area contributed by atoms with E-state index in [1.54, 1.807) is 18.2 Å². The Balaban J connectivity index is 2.81. The lowest BCUT2D eigenvalue weighted by molar-refractivity contribution is 0.0940. The van der Waals surface area contributed by atoms with Gasteiger partial charge in [-0.05, 0) is 31.0 Å². The van der Waals surface area contributed by atoms with Crippen molar-refractivity contribution in [3.63, 3.8) is 0 Å². The van der Waals surface area contributed by atoms with Gasteiger partial charge in [-0.15, -0.1) is 0 Å². The summed E-state index contributed by atoms with van der Waals surface area (Å²) in [6.07, 6.45) is 1.89. The normalized spacial score (nSPS) is 11.8. The molecule has 5 nitrogen and oxygen atoms in total. The van der Waals surface area contributed by atoms with E-state index in [0.717, 1.165) is 12.8 Å². The van der Waals surface area contributed by atoms with E-state index in [4.69, 9.17) is 15.2 Å². The molecular weight excluding hydrogens is 256 g/mol. The quantitative estimate of drug-likeness (QED) is 0.761. The van der Waals surface area contributed by atoms with Gasteiger partial charge in [0.1, 0.15) is 17.1 Å². The maximum Gasteiger partial charge on any atom is 0.258 e. The standard InChI is InChI=1S/C15H24N2O3/c1-4-11(8-9-16)10-17-15(18)14-12(19-2)6-5-7-13(14)20-3/h5-7,11H,4,8-10,16H2,1-3H3,(H,17,18). The van der Waals surface area contributed by atoms with Crippen LogP contribution in [0.3, 0.4) is 0 Å². The van der Waals surface area contributed by atoms with Crippen LogP contribution in [0.1, 0.15) is 30.1 Å². The Kier molecular flexibility index (Phi) is 6.87. The van der Waals surface area contributed by atoms with Gasteiger partial charge in [0.25, 0.3) is 5.91 Å². The molecule has 0 aromatic heterocycles. The van der Waals surface area contributed by atoms with Crippen LogP contribution in [0.15, 0.2) is 18.2 Å². The lowest BCUT2D eigenvalue weighted by atomic mass is 10.0. The first kappa shape index (κ1) is 16.3. The summed E-state index contributed by atoms with van der Waals surface area (Å²) in [4.78, 5) is 12.3. The van der Waals surface area contributed by atoms with Crippen molar-refractivity contribution in [1.82, 2.24) is 5.32 Å². The SMILES string of the molecule is CCC(CCN)CNC(=O)c1c(OC)cccc1OC. The highest BCUT2D eigenvalue weighted by Crippen LogP contribution is 2.28. The van der Waals surface area contributed by atoms with Gasteiger partial charge in [-0.3, -0.25) is 4.79 Å². The summed E-state index contributed by atoms with van der Waals surface area (Å²) < 4.78 is 10.5. The van der Waals surface area contributed by atoms with Gasteiger partial charge in [0, 0.05) is 6.54 Å². The van der Waals surface area contributed by atoms with Crippen LogP contribution >= 0.6 is 0 Å². The minimum atomic E-state index is -0.185. The van der Waals surface area contributed by atoms with Crippen LogP contribution in [-0.4, -0.2) is 33.2 Å². The number of methoxy groups -OCH3 is 2. The second kappa shape index (κ2) is 8.43. The Bertz CT molecular complexity index is 413. The average Bonchev–Trinajstić information content (AvgIpc) is 2.49. The molecule has 0 radical (unpaired) electrons. The maximum absolute atomic E-state index is 12.3. The highest BCUT2D eigenvalue weighted by molar-refractivity contribution is 5.99. The summed E-state index contributed by atoms with van der Waals surface area (Å²) in [5.74, 6) is 1.22. The first-order valence-corrected chi connectivity index (χ1v) is 6.87. The number of nitrogens with two attached hydrogens (primary N) is 1. The summed E-state index contributed by atoms with van der Waals surface area (Å²) in [6.45, 7) is 3.33. The molecule has 1 unspecified atom stereocenters. The number of rotatable bonds is 8. The number of ether oxygens (including phenoxy) is 2. The topological polar surface area (TPSA) is 73.6 Å². The fourth-order valence-corrected chi connectivity index (χ4v) is 2.09. The molecule has 0 saturated carbocycles. The van der Waals surface area contributed by atoms with E-state index in [-0.39, 0.29) is 5.91 Å². The van der Waals surface area contributed by atoms with Gasteiger partial charge < -0.3 is 20.5 Å². The van der Waals surface area contributed by atoms with Gasteiger partial charge in [0.2, 0.25) is 0 Å². The molecule has 0 heterocycles. The molecule has 20 heavy (non-hydrogen) atoms. The lowest BCUT2D eigenvalue weighted by Crippen LogP contribution is -2.30. The van der Waals surface area contributed by atoms with Crippen LogP contribution in [0.25, 0.3) is 0 Å².